The predicted molar refractivity (Wildman–Crippen MR) is 271 cm³/mol. The van der Waals surface area contributed by atoms with Crippen molar-refractivity contribution in [3.05, 3.63) is 217 Å². The highest BCUT2D eigenvalue weighted by Gasteiger charge is 2.25. The molecule has 0 spiro atoms. The maximum Gasteiger partial charge on any atom is 0.149 e. The number of phenolic OH excluding ortho intramolecular Hbond substituents is 1. The summed E-state index contributed by atoms with van der Waals surface area (Å²) in [5.41, 5.74) is 5.48. The van der Waals surface area contributed by atoms with Gasteiger partial charge in [0.25, 0.3) is 0 Å². The number of pyridine rings is 1. The molecule has 0 fully saturated rings. The van der Waals surface area contributed by atoms with E-state index in [9.17, 15) is 6.48 Å². The zero-order chi connectivity index (χ0) is 56.6. The lowest BCUT2D eigenvalue weighted by molar-refractivity contribution is 0.477. The van der Waals surface area contributed by atoms with Gasteiger partial charge in [0.05, 0.1) is 33.5 Å². The summed E-state index contributed by atoms with van der Waals surface area (Å²) in [4.78, 5) is 10.2. The first kappa shape index (κ1) is 28.1. The molecule has 0 aliphatic heterocycles. The molecule has 2 aromatic heterocycles. The van der Waals surface area contributed by atoms with Gasteiger partial charge in [-0.1, -0.05) is 174 Å². The highest BCUT2D eigenvalue weighted by atomic mass is 16.3. The van der Waals surface area contributed by atoms with Crippen LogP contribution in [0.15, 0.2) is 206 Å². The molecule has 65 heavy (non-hydrogen) atoms. The number of hydrogen-bond donors (Lipinski definition) is 1. The molecule has 1 N–H and O–H groups in total. The van der Waals surface area contributed by atoms with Crippen LogP contribution >= 0.6 is 0 Å². The number of aromatic hydroxyl groups is 1. The van der Waals surface area contributed by atoms with Crippen molar-refractivity contribution in [2.75, 3.05) is 0 Å². The SMILES string of the molecule is [2H]c1c([2H])c(C(C([2H])([2H])[2H])(C([2H])([2H])[2H])C([2H])([2H])[2H])c([2H])c([2H])c1-c1ccnc(-c2cc(-c3ccccc3)cc(-c3cccc4c3nc(-c3ccccc3O)n4-c3cc(-c4ccccc4)c(C([2H])(C)C)cc3-c3ccccc3)c2)c1. The molecule has 8 aromatic carbocycles. The standard InChI is InChI=1S/C61H51N3O/c1-40(2)52-38-54(44-22-13-8-14-23-44)57(39-53(52)43-20-11-7-12-21-43)64-56-26-17-25-50(59(56)63-60(64)51-24-15-16-27-58(51)65)47-34-46(41-18-9-6-10-19-41)35-48(36-47)55-37-45(32-33-62-55)42-28-30-49(31-29-42)61(3,4)5/h6-40,65H,1-5H3/i3D3,4D3,5D3,28D,29D,30D,31D,40D. The van der Waals surface area contributed by atoms with Crippen molar-refractivity contribution in [3.8, 4) is 89.7 Å². The van der Waals surface area contributed by atoms with Crippen molar-refractivity contribution in [1.82, 2.24) is 14.5 Å². The van der Waals surface area contributed by atoms with Crippen LogP contribution in [-0.2, 0) is 5.41 Å². The van der Waals surface area contributed by atoms with Crippen LogP contribution in [0.2, 0.25) is 0 Å². The average molecular weight is 856 g/mol. The van der Waals surface area contributed by atoms with Gasteiger partial charge >= 0.3 is 0 Å². The van der Waals surface area contributed by atoms with Crippen molar-refractivity contribution >= 4 is 11.0 Å². The van der Waals surface area contributed by atoms with Crippen molar-refractivity contribution < 1.29 is 24.3 Å². The lowest BCUT2D eigenvalue weighted by Crippen LogP contribution is -2.10. The highest BCUT2D eigenvalue weighted by Crippen LogP contribution is 2.44. The summed E-state index contributed by atoms with van der Waals surface area (Å²) in [6, 6.07) is 51.6. The number of rotatable bonds is 9. The van der Waals surface area contributed by atoms with Crippen LogP contribution in [0.4, 0.5) is 0 Å². The van der Waals surface area contributed by atoms with E-state index in [2.05, 4.69) is 16.7 Å². The molecule has 0 aliphatic carbocycles. The quantitative estimate of drug-likeness (QED) is 0.157. The van der Waals surface area contributed by atoms with E-state index in [1.165, 1.54) is 12.3 Å². The second-order valence-corrected chi connectivity index (χ2v) is 16.2. The summed E-state index contributed by atoms with van der Waals surface area (Å²) < 4.78 is 122. The molecule has 0 radical (unpaired) electrons. The number of aromatic nitrogens is 3. The molecule has 0 saturated heterocycles. The maximum atomic E-state index is 11.7. The number of hydrogen-bond acceptors (Lipinski definition) is 3. The third-order valence-corrected chi connectivity index (χ3v) is 11.6. The summed E-state index contributed by atoms with van der Waals surface area (Å²) in [6.07, 6.45) is 1.42. The predicted octanol–water partition coefficient (Wildman–Crippen LogP) is 16.2. The molecule has 0 amide bonds. The molecular formula is C61H51N3O. The van der Waals surface area contributed by atoms with E-state index in [1.807, 2.05) is 153 Å². The Kier molecular flexibility index (Phi) is 7.36. The molecule has 4 heteroatoms. The van der Waals surface area contributed by atoms with Crippen LogP contribution in [0, 0.1) is 0 Å². The van der Waals surface area contributed by atoms with Gasteiger partial charge in [-0.25, -0.2) is 4.98 Å². The van der Waals surface area contributed by atoms with Crippen molar-refractivity contribution in [2.24, 2.45) is 0 Å². The number of phenols is 1. The topological polar surface area (TPSA) is 50.9 Å². The van der Waals surface area contributed by atoms with Crippen molar-refractivity contribution in [1.29, 1.82) is 0 Å². The minimum atomic E-state index is -3.82. The highest BCUT2D eigenvalue weighted by molar-refractivity contribution is 5.99. The summed E-state index contributed by atoms with van der Waals surface area (Å²) in [5, 5.41) is 11.7. The van der Waals surface area contributed by atoms with E-state index in [4.69, 9.17) is 27.8 Å². The normalized spacial score (nSPS) is 15.5. The Morgan fingerprint density at radius 2 is 1.15 bits per heavy atom. The number of imidazole rings is 1. The van der Waals surface area contributed by atoms with Gasteiger partial charge in [0.15, 0.2) is 0 Å². The van der Waals surface area contributed by atoms with Crippen molar-refractivity contribution in [2.45, 2.75) is 45.7 Å². The number of para-hydroxylation sites is 2. The molecular weight excluding hydrogens is 791 g/mol. The summed E-state index contributed by atoms with van der Waals surface area (Å²) in [6.45, 7) is -7.72. The summed E-state index contributed by atoms with van der Waals surface area (Å²) in [7, 11) is 0. The Hall–Kier alpha value is -7.82. The van der Waals surface area contributed by atoms with Gasteiger partial charge in [-0.05, 0) is 128 Å². The fourth-order valence-electron chi connectivity index (χ4n) is 8.43. The molecule has 316 valence electrons. The van der Waals surface area contributed by atoms with E-state index in [-0.39, 0.29) is 16.9 Å². The Labute approximate surface area is 401 Å². The molecule has 0 unspecified atom stereocenters. The molecule has 4 nitrogen and oxygen atoms in total. The van der Waals surface area contributed by atoms with Crippen LogP contribution < -0.4 is 0 Å². The average Bonchev–Trinajstić information content (AvgIpc) is 2.81. The van der Waals surface area contributed by atoms with Gasteiger partial charge < -0.3 is 5.11 Å². The van der Waals surface area contributed by atoms with Gasteiger partial charge in [-0.3, -0.25) is 9.55 Å². The number of benzene rings is 8. The lowest BCUT2D eigenvalue weighted by atomic mass is 9.86. The Bertz CT molecular complexity index is 3890. The van der Waals surface area contributed by atoms with Crippen LogP contribution in [0.3, 0.4) is 0 Å². The van der Waals surface area contributed by atoms with E-state index >= 15 is 0 Å². The molecule has 0 atom stereocenters. The Morgan fingerprint density at radius 3 is 1.83 bits per heavy atom. The summed E-state index contributed by atoms with van der Waals surface area (Å²) >= 11 is 0. The van der Waals surface area contributed by atoms with Gasteiger partial charge in [-0.15, -0.1) is 0 Å². The van der Waals surface area contributed by atoms with E-state index in [0.29, 0.717) is 44.8 Å². The van der Waals surface area contributed by atoms with Gasteiger partial charge in [0, 0.05) is 36.6 Å². The number of nitrogens with zero attached hydrogens (tertiary/aromatic N) is 3. The van der Waals surface area contributed by atoms with Gasteiger partial charge in [-0.2, -0.15) is 0 Å². The largest absolute Gasteiger partial charge is 0.507 e. The lowest BCUT2D eigenvalue weighted by Gasteiger charge is -2.22. The molecule has 0 saturated carbocycles. The van der Waals surface area contributed by atoms with Crippen molar-refractivity contribution in [3.63, 3.8) is 0 Å². The smallest absolute Gasteiger partial charge is 0.149 e. The molecule has 2 heterocycles. The van der Waals surface area contributed by atoms with Crippen LogP contribution in [-0.4, -0.2) is 19.6 Å². The third kappa shape index (κ3) is 8.04. The van der Waals surface area contributed by atoms with E-state index < -0.39 is 61.6 Å². The van der Waals surface area contributed by atoms with Gasteiger partial charge in [0.2, 0.25) is 0 Å². The van der Waals surface area contributed by atoms with Crippen LogP contribution in [0.1, 0.15) is 70.6 Å². The van der Waals surface area contributed by atoms with Crippen LogP contribution in [0.25, 0.3) is 95.0 Å². The molecule has 10 rings (SSSR count). The third-order valence-electron chi connectivity index (χ3n) is 11.6. The Balaban J connectivity index is 1.22. The summed E-state index contributed by atoms with van der Waals surface area (Å²) in [5.74, 6) is -0.559. The first-order chi connectivity index (χ1) is 37.3. The van der Waals surface area contributed by atoms with Gasteiger partial charge in [0.1, 0.15) is 11.6 Å². The minimum Gasteiger partial charge on any atom is -0.507 e. The van der Waals surface area contributed by atoms with Crippen LogP contribution in [0.5, 0.6) is 5.75 Å². The first-order valence-electron chi connectivity index (χ1n) is 28.2. The Morgan fingerprint density at radius 1 is 0.538 bits per heavy atom. The molecule has 0 bridgehead atoms. The molecule has 10 aromatic rings. The van der Waals surface area contributed by atoms with E-state index in [0.717, 1.165) is 44.6 Å². The zero-order valence-electron chi connectivity index (χ0n) is 49.6. The molecule has 0 aliphatic rings. The minimum absolute atomic E-state index is 0.0101. The monoisotopic (exact) mass is 855 g/mol. The van der Waals surface area contributed by atoms with E-state index in [1.54, 1.807) is 18.2 Å². The first-order valence-corrected chi connectivity index (χ1v) is 21.2. The second-order valence-electron chi connectivity index (χ2n) is 16.2. The second kappa shape index (κ2) is 17.0. The number of fused-ring (bicyclic) bond motifs is 1. The maximum absolute atomic E-state index is 11.7. The fourth-order valence-corrected chi connectivity index (χ4v) is 8.43. The fraction of sp³-hybridized carbons (Fsp3) is 0.115. The zero-order valence-corrected chi connectivity index (χ0v) is 35.6.